The Labute approximate surface area is 96.9 Å². The van der Waals surface area contributed by atoms with Crippen molar-refractivity contribution in [2.75, 3.05) is 0 Å². The molecular formula is C12H22N2O2. The summed E-state index contributed by atoms with van der Waals surface area (Å²) in [5.74, 6) is 0. The Hall–Kier alpha value is -0.770. The lowest BCUT2D eigenvalue weighted by molar-refractivity contribution is -0.163. The summed E-state index contributed by atoms with van der Waals surface area (Å²) in [4.78, 5) is 11.6. The molecule has 3 fully saturated rings. The highest BCUT2D eigenvalue weighted by atomic mass is 16.6. The lowest BCUT2D eigenvalue weighted by Crippen LogP contribution is -2.78. The van der Waals surface area contributed by atoms with Crippen molar-refractivity contribution in [1.29, 1.82) is 0 Å². The maximum Gasteiger partial charge on any atom is 0.408 e. The molecule has 3 aliphatic carbocycles. The SMILES string of the molecule is CC(N)C12CC(NC(=O)OC(C)(C)C)(C1)C2. The lowest BCUT2D eigenvalue weighted by Gasteiger charge is -2.72. The number of carbonyl (C=O) groups is 1. The largest absolute Gasteiger partial charge is 0.444 e. The van der Waals surface area contributed by atoms with Gasteiger partial charge in [-0.2, -0.15) is 0 Å². The van der Waals surface area contributed by atoms with Crippen LogP contribution in [-0.2, 0) is 4.74 Å². The van der Waals surface area contributed by atoms with E-state index in [1.807, 2.05) is 20.8 Å². The molecule has 16 heavy (non-hydrogen) atoms. The van der Waals surface area contributed by atoms with Gasteiger partial charge in [0.1, 0.15) is 5.60 Å². The van der Waals surface area contributed by atoms with Crippen LogP contribution in [0.4, 0.5) is 4.79 Å². The number of amides is 1. The normalized spacial score (nSPS) is 38.1. The first-order valence-electron chi connectivity index (χ1n) is 5.93. The van der Waals surface area contributed by atoms with Crippen molar-refractivity contribution in [2.24, 2.45) is 11.1 Å². The van der Waals surface area contributed by atoms with Crippen molar-refractivity contribution in [3.05, 3.63) is 0 Å². The van der Waals surface area contributed by atoms with Gasteiger partial charge in [0.05, 0.1) is 0 Å². The molecular weight excluding hydrogens is 204 g/mol. The topological polar surface area (TPSA) is 64.3 Å². The van der Waals surface area contributed by atoms with Gasteiger partial charge in [0, 0.05) is 11.6 Å². The van der Waals surface area contributed by atoms with Gasteiger partial charge in [0.2, 0.25) is 0 Å². The van der Waals surface area contributed by atoms with Crippen LogP contribution >= 0.6 is 0 Å². The summed E-state index contributed by atoms with van der Waals surface area (Å²) < 4.78 is 5.25. The van der Waals surface area contributed by atoms with Crippen molar-refractivity contribution in [2.45, 2.75) is 64.1 Å². The van der Waals surface area contributed by atoms with Crippen LogP contribution in [0.1, 0.15) is 47.0 Å². The first-order valence-corrected chi connectivity index (χ1v) is 5.93. The van der Waals surface area contributed by atoms with E-state index in [4.69, 9.17) is 10.5 Å². The number of carbonyl (C=O) groups excluding carboxylic acids is 1. The number of nitrogens with two attached hydrogens (primary N) is 1. The molecule has 3 aliphatic rings. The molecule has 0 heterocycles. The third-order valence-corrected chi connectivity index (χ3v) is 3.80. The second kappa shape index (κ2) is 3.13. The molecule has 3 N–H and O–H groups in total. The van der Waals surface area contributed by atoms with Crippen LogP contribution in [-0.4, -0.2) is 23.3 Å². The Morgan fingerprint density at radius 1 is 1.38 bits per heavy atom. The zero-order chi connectivity index (χ0) is 12.2. The number of rotatable bonds is 2. The smallest absolute Gasteiger partial charge is 0.408 e. The van der Waals surface area contributed by atoms with Crippen LogP contribution in [0, 0.1) is 5.41 Å². The number of nitrogens with one attached hydrogen (secondary N) is 1. The van der Waals surface area contributed by atoms with Crippen LogP contribution in [0.15, 0.2) is 0 Å². The Balaban J connectivity index is 1.81. The molecule has 1 amide bonds. The average molecular weight is 226 g/mol. The van der Waals surface area contributed by atoms with E-state index in [1.165, 1.54) is 0 Å². The molecule has 3 rings (SSSR count). The third-order valence-electron chi connectivity index (χ3n) is 3.80. The van der Waals surface area contributed by atoms with Crippen LogP contribution in [0.5, 0.6) is 0 Å². The molecule has 0 aromatic carbocycles. The van der Waals surface area contributed by atoms with Crippen molar-refractivity contribution in [3.63, 3.8) is 0 Å². The number of hydrogen-bond donors (Lipinski definition) is 2. The highest BCUT2D eigenvalue weighted by Gasteiger charge is 2.69. The minimum atomic E-state index is -0.424. The summed E-state index contributed by atoms with van der Waals surface area (Å²) in [5.41, 5.74) is 5.79. The molecule has 2 bridgehead atoms. The van der Waals surface area contributed by atoms with E-state index in [9.17, 15) is 4.79 Å². The molecule has 0 aromatic rings. The third kappa shape index (κ3) is 1.79. The lowest BCUT2D eigenvalue weighted by atomic mass is 9.37. The summed E-state index contributed by atoms with van der Waals surface area (Å²) in [6.07, 6.45) is 2.73. The highest BCUT2D eigenvalue weighted by molar-refractivity contribution is 5.70. The maximum atomic E-state index is 11.6. The van der Waals surface area contributed by atoms with E-state index < -0.39 is 5.60 Å². The van der Waals surface area contributed by atoms with E-state index in [0.29, 0.717) is 5.41 Å². The van der Waals surface area contributed by atoms with E-state index >= 15 is 0 Å². The van der Waals surface area contributed by atoms with Gasteiger partial charge in [-0.15, -0.1) is 0 Å². The minimum Gasteiger partial charge on any atom is -0.444 e. The quantitative estimate of drug-likeness (QED) is 0.754. The molecule has 0 radical (unpaired) electrons. The van der Waals surface area contributed by atoms with Gasteiger partial charge < -0.3 is 15.8 Å². The first kappa shape index (κ1) is 11.7. The molecule has 1 atom stereocenters. The van der Waals surface area contributed by atoms with E-state index in [1.54, 1.807) is 0 Å². The fourth-order valence-electron chi connectivity index (χ4n) is 3.00. The predicted molar refractivity (Wildman–Crippen MR) is 62.0 cm³/mol. The van der Waals surface area contributed by atoms with E-state index in [-0.39, 0.29) is 17.7 Å². The van der Waals surface area contributed by atoms with Gasteiger partial charge in [0.15, 0.2) is 0 Å². The molecule has 1 unspecified atom stereocenters. The maximum absolute atomic E-state index is 11.6. The van der Waals surface area contributed by atoms with Crippen LogP contribution in [0.2, 0.25) is 0 Å². The molecule has 0 saturated heterocycles. The number of ether oxygens (including phenoxy) is 1. The van der Waals surface area contributed by atoms with E-state index in [0.717, 1.165) is 19.3 Å². The molecule has 0 aliphatic heterocycles. The van der Waals surface area contributed by atoms with Gasteiger partial charge in [0.25, 0.3) is 0 Å². The monoisotopic (exact) mass is 226 g/mol. The second-order valence-electron chi connectivity index (χ2n) is 6.59. The molecule has 4 heteroatoms. The highest BCUT2D eigenvalue weighted by Crippen LogP contribution is 2.68. The van der Waals surface area contributed by atoms with Crippen molar-refractivity contribution >= 4 is 6.09 Å². The fraction of sp³-hybridized carbons (Fsp3) is 0.917. The van der Waals surface area contributed by atoms with Gasteiger partial charge >= 0.3 is 6.09 Å². The summed E-state index contributed by atoms with van der Waals surface area (Å²) >= 11 is 0. The average Bonchev–Trinajstić information content (AvgIpc) is 1.88. The zero-order valence-electron chi connectivity index (χ0n) is 10.6. The predicted octanol–water partition coefficient (Wildman–Crippen LogP) is 1.78. The fourth-order valence-corrected chi connectivity index (χ4v) is 3.00. The van der Waals surface area contributed by atoms with Crippen LogP contribution in [0.25, 0.3) is 0 Å². The Morgan fingerprint density at radius 2 is 1.88 bits per heavy atom. The van der Waals surface area contributed by atoms with Gasteiger partial charge in [-0.3, -0.25) is 0 Å². The van der Waals surface area contributed by atoms with Crippen molar-refractivity contribution in [1.82, 2.24) is 5.32 Å². The zero-order valence-corrected chi connectivity index (χ0v) is 10.6. The summed E-state index contributed by atoms with van der Waals surface area (Å²) in [5, 5.41) is 2.98. The van der Waals surface area contributed by atoms with Crippen molar-refractivity contribution < 1.29 is 9.53 Å². The molecule has 4 nitrogen and oxygen atoms in total. The Morgan fingerprint density at radius 3 is 2.25 bits per heavy atom. The molecule has 3 saturated carbocycles. The number of hydrogen-bond acceptors (Lipinski definition) is 3. The van der Waals surface area contributed by atoms with Crippen LogP contribution < -0.4 is 11.1 Å². The van der Waals surface area contributed by atoms with Gasteiger partial charge in [-0.25, -0.2) is 4.79 Å². The number of alkyl carbamates (subject to hydrolysis) is 1. The summed E-state index contributed by atoms with van der Waals surface area (Å²) in [6.45, 7) is 7.67. The molecule has 92 valence electrons. The summed E-state index contributed by atoms with van der Waals surface area (Å²) in [6, 6.07) is 0.231. The molecule has 0 spiro atoms. The first-order chi connectivity index (χ1) is 7.17. The Kier molecular flexibility index (Phi) is 2.29. The van der Waals surface area contributed by atoms with Gasteiger partial charge in [-0.1, -0.05) is 0 Å². The summed E-state index contributed by atoms with van der Waals surface area (Å²) in [7, 11) is 0. The Bertz CT molecular complexity index is 298. The second-order valence-corrected chi connectivity index (χ2v) is 6.59. The minimum absolute atomic E-state index is 0.00400. The van der Waals surface area contributed by atoms with Crippen molar-refractivity contribution in [3.8, 4) is 0 Å². The van der Waals surface area contributed by atoms with E-state index in [2.05, 4.69) is 12.2 Å². The van der Waals surface area contributed by atoms with Gasteiger partial charge in [-0.05, 0) is 52.4 Å². The van der Waals surface area contributed by atoms with Crippen LogP contribution in [0.3, 0.4) is 0 Å². The molecule has 0 aromatic heterocycles. The standard InChI is InChI=1S/C12H22N2O2/c1-8(13)11-5-12(6-11,7-11)14-9(15)16-10(2,3)4/h8H,5-7,13H2,1-4H3,(H,14,15).